The van der Waals surface area contributed by atoms with Crippen LogP contribution >= 0.6 is 0 Å². The van der Waals surface area contributed by atoms with E-state index in [1.807, 2.05) is 39.8 Å². The van der Waals surface area contributed by atoms with Crippen molar-refractivity contribution in [2.75, 3.05) is 0 Å². The number of benzene rings is 2. The number of carbonyl (C=O) groups is 2. The van der Waals surface area contributed by atoms with Gasteiger partial charge < -0.3 is 5.11 Å². The minimum absolute atomic E-state index is 0.286. The molecule has 2 aromatic rings. The molecule has 146 valence electrons. The summed E-state index contributed by atoms with van der Waals surface area (Å²) in [7, 11) is 0. The molecule has 1 aliphatic carbocycles. The van der Waals surface area contributed by atoms with Crippen LogP contribution in [-0.2, 0) is 17.6 Å². The fourth-order valence-electron chi connectivity index (χ4n) is 4.29. The summed E-state index contributed by atoms with van der Waals surface area (Å²) in [6.07, 6.45) is 3.58. The second-order valence-electron chi connectivity index (χ2n) is 9.19. The molecule has 0 heterocycles. The summed E-state index contributed by atoms with van der Waals surface area (Å²) in [5.41, 5.74) is 5.26. The van der Waals surface area contributed by atoms with Gasteiger partial charge in [-0.05, 0) is 59.7 Å². The van der Waals surface area contributed by atoms with Crippen LogP contribution in [-0.4, -0.2) is 16.9 Å². The predicted octanol–water partition coefficient (Wildman–Crippen LogP) is 5.67. The van der Waals surface area contributed by atoms with E-state index in [-0.39, 0.29) is 16.4 Å². The maximum atomic E-state index is 12.9. The number of ketones is 1. The number of carboxylic acid groups (broad SMARTS) is 1. The Morgan fingerprint density at radius 1 is 0.893 bits per heavy atom. The van der Waals surface area contributed by atoms with Crippen molar-refractivity contribution in [3.8, 4) is 0 Å². The Labute approximate surface area is 167 Å². The molecule has 1 N–H and O–H groups in total. The Morgan fingerprint density at radius 3 is 2.00 bits per heavy atom. The lowest BCUT2D eigenvalue weighted by molar-refractivity contribution is -0.135. The summed E-state index contributed by atoms with van der Waals surface area (Å²) in [6, 6.07) is 13.4. The van der Waals surface area contributed by atoms with Gasteiger partial charge in [0.05, 0.1) is 5.56 Å². The Morgan fingerprint density at radius 2 is 1.43 bits per heavy atom. The fraction of sp³-hybridized carbons (Fsp3) is 0.360. The smallest absolute Gasteiger partial charge is 0.335 e. The van der Waals surface area contributed by atoms with Gasteiger partial charge in [0.15, 0.2) is 0 Å². The molecule has 3 nitrogen and oxygen atoms in total. The second kappa shape index (κ2) is 7.05. The summed E-state index contributed by atoms with van der Waals surface area (Å²) in [4.78, 5) is 23.9. The van der Waals surface area contributed by atoms with Gasteiger partial charge in [0.1, 0.15) is 5.78 Å². The molecule has 0 spiro atoms. The number of carbonyl (C=O) groups excluding carboxylic acids is 1. The monoisotopic (exact) mass is 376 g/mol. The van der Waals surface area contributed by atoms with Crippen LogP contribution in [0.2, 0.25) is 0 Å². The van der Waals surface area contributed by atoms with Gasteiger partial charge in [-0.25, -0.2) is 4.79 Å². The van der Waals surface area contributed by atoms with Crippen molar-refractivity contribution in [2.45, 2.75) is 47.5 Å². The van der Waals surface area contributed by atoms with E-state index in [1.165, 1.54) is 11.1 Å². The zero-order valence-corrected chi connectivity index (χ0v) is 17.3. The van der Waals surface area contributed by atoms with Crippen molar-refractivity contribution in [2.24, 2.45) is 10.8 Å². The predicted molar refractivity (Wildman–Crippen MR) is 113 cm³/mol. The lowest BCUT2D eigenvalue weighted by Gasteiger charge is -2.30. The van der Waals surface area contributed by atoms with Crippen LogP contribution in [0.25, 0.3) is 11.6 Å². The largest absolute Gasteiger partial charge is 0.478 e. The number of aromatic carboxylic acids is 1. The van der Waals surface area contributed by atoms with E-state index in [0.29, 0.717) is 5.78 Å². The Kier molecular flexibility index (Phi) is 5.05. The Balaban J connectivity index is 1.95. The van der Waals surface area contributed by atoms with Gasteiger partial charge in [-0.1, -0.05) is 64.1 Å². The molecule has 0 saturated heterocycles. The third kappa shape index (κ3) is 3.94. The Bertz CT molecular complexity index is 960. The van der Waals surface area contributed by atoms with E-state index in [0.717, 1.165) is 29.5 Å². The van der Waals surface area contributed by atoms with Crippen molar-refractivity contribution < 1.29 is 14.7 Å². The van der Waals surface area contributed by atoms with Gasteiger partial charge in [0.25, 0.3) is 0 Å². The van der Waals surface area contributed by atoms with E-state index < -0.39 is 5.97 Å². The highest BCUT2D eigenvalue weighted by Gasteiger charge is 2.42. The first-order valence-corrected chi connectivity index (χ1v) is 9.68. The molecule has 0 unspecified atom stereocenters. The molecular formula is C25H28O3. The quantitative estimate of drug-likeness (QED) is 0.555. The summed E-state index contributed by atoms with van der Waals surface area (Å²) in [5, 5.41) is 9.03. The van der Waals surface area contributed by atoms with Crippen molar-refractivity contribution >= 4 is 23.4 Å². The molecule has 0 bridgehead atoms. The minimum Gasteiger partial charge on any atom is -0.478 e. The standard InChI is InChI=1S/C25H28O3/c1-16(12-17-6-8-18(9-7-17)22(26)27)19-10-11-20-14-24(2,3)23(28)25(4,5)15-21(20)13-19/h6-13H,14-15H2,1-5H3,(H,26,27). The summed E-state index contributed by atoms with van der Waals surface area (Å²) < 4.78 is 0. The molecule has 0 aliphatic heterocycles. The SMILES string of the molecule is CC(=Cc1ccc(C(=O)O)cc1)c1ccc2c(c1)CC(C)(C)C(=O)C(C)(C)C2. The van der Waals surface area contributed by atoms with Crippen molar-refractivity contribution in [1.82, 2.24) is 0 Å². The summed E-state index contributed by atoms with van der Waals surface area (Å²) in [6.45, 7) is 10.2. The van der Waals surface area contributed by atoms with Crippen LogP contribution in [0.15, 0.2) is 42.5 Å². The van der Waals surface area contributed by atoms with Crippen molar-refractivity contribution in [3.05, 3.63) is 70.3 Å². The van der Waals surface area contributed by atoms with E-state index in [4.69, 9.17) is 5.11 Å². The number of Topliss-reactive ketones (excluding diaryl/α,β-unsaturated/α-hetero) is 1. The highest BCUT2D eigenvalue weighted by Crippen LogP contribution is 2.40. The highest BCUT2D eigenvalue weighted by atomic mass is 16.4. The summed E-state index contributed by atoms with van der Waals surface area (Å²) in [5.74, 6) is -0.596. The van der Waals surface area contributed by atoms with Crippen molar-refractivity contribution in [3.63, 3.8) is 0 Å². The number of rotatable bonds is 3. The molecule has 28 heavy (non-hydrogen) atoms. The number of hydrogen-bond donors (Lipinski definition) is 1. The van der Waals surface area contributed by atoms with Crippen LogP contribution in [0.1, 0.15) is 67.2 Å². The van der Waals surface area contributed by atoms with Crippen LogP contribution in [0.4, 0.5) is 0 Å². The average molecular weight is 376 g/mol. The average Bonchev–Trinajstić information content (AvgIpc) is 2.68. The maximum Gasteiger partial charge on any atom is 0.335 e. The maximum absolute atomic E-state index is 12.9. The normalized spacial score (nSPS) is 18.3. The van der Waals surface area contributed by atoms with Crippen LogP contribution in [0, 0.1) is 10.8 Å². The van der Waals surface area contributed by atoms with Gasteiger partial charge in [-0.15, -0.1) is 0 Å². The third-order valence-corrected chi connectivity index (χ3v) is 5.70. The molecule has 0 radical (unpaired) electrons. The lowest BCUT2D eigenvalue weighted by atomic mass is 9.72. The van der Waals surface area contributed by atoms with E-state index in [9.17, 15) is 9.59 Å². The van der Waals surface area contributed by atoms with Crippen LogP contribution < -0.4 is 0 Å². The molecule has 0 aromatic heterocycles. The fourth-order valence-corrected chi connectivity index (χ4v) is 4.29. The third-order valence-electron chi connectivity index (χ3n) is 5.70. The molecule has 0 amide bonds. The molecule has 3 rings (SSSR count). The first-order valence-electron chi connectivity index (χ1n) is 9.68. The first-order chi connectivity index (χ1) is 13.0. The van der Waals surface area contributed by atoms with E-state index in [2.05, 4.69) is 31.2 Å². The second-order valence-corrected chi connectivity index (χ2v) is 9.19. The summed E-state index contributed by atoms with van der Waals surface area (Å²) >= 11 is 0. The number of hydrogen-bond acceptors (Lipinski definition) is 2. The molecular weight excluding hydrogens is 348 g/mol. The van der Waals surface area contributed by atoms with E-state index in [1.54, 1.807) is 12.1 Å². The first kappa shape index (κ1) is 20.1. The molecule has 3 heteroatoms. The molecule has 2 aromatic carbocycles. The van der Waals surface area contributed by atoms with Crippen LogP contribution in [0.3, 0.4) is 0 Å². The van der Waals surface area contributed by atoms with Gasteiger partial charge in [0.2, 0.25) is 0 Å². The topological polar surface area (TPSA) is 54.4 Å². The Hall–Kier alpha value is -2.68. The zero-order valence-electron chi connectivity index (χ0n) is 17.3. The number of fused-ring (bicyclic) bond motifs is 1. The molecule has 0 saturated carbocycles. The number of allylic oxidation sites excluding steroid dienone is 1. The number of carboxylic acids is 1. The molecule has 0 fully saturated rings. The van der Waals surface area contributed by atoms with E-state index >= 15 is 0 Å². The van der Waals surface area contributed by atoms with Crippen molar-refractivity contribution in [1.29, 1.82) is 0 Å². The molecule has 1 aliphatic rings. The highest BCUT2D eigenvalue weighted by molar-refractivity contribution is 5.91. The van der Waals surface area contributed by atoms with Gasteiger partial charge in [0, 0.05) is 10.8 Å². The van der Waals surface area contributed by atoms with Gasteiger partial charge >= 0.3 is 5.97 Å². The minimum atomic E-state index is -0.918. The van der Waals surface area contributed by atoms with Gasteiger partial charge in [-0.2, -0.15) is 0 Å². The lowest BCUT2D eigenvalue weighted by Crippen LogP contribution is -2.37. The van der Waals surface area contributed by atoms with Crippen LogP contribution in [0.5, 0.6) is 0 Å². The zero-order chi connectivity index (χ0) is 20.7. The van der Waals surface area contributed by atoms with Gasteiger partial charge in [-0.3, -0.25) is 4.79 Å². The molecule has 0 atom stereocenters.